The zero-order valence-corrected chi connectivity index (χ0v) is 11.9. The van der Waals surface area contributed by atoms with Crippen molar-refractivity contribution in [3.05, 3.63) is 42.2 Å². The number of ether oxygens (including phenoxy) is 1. The molecule has 19 heavy (non-hydrogen) atoms. The molecule has 102 valence electrons. The van der Waals surface area contributed by atoms with E-state index in [0.717, 1.165) is 6.54 Å². The minimum Gasteiger partial charge on any atom is -0.377 e. The maximum absolute atomic E-state index is 5.78. The van der Waals surface area contributed by atoms with Crippen LogP contribution in [0.1, 0.15) is 32.4 Å². The largest absolute Gasteiger partial charge is 0.377 e. The molecule has 3 heteroatoms. The zero-order chi connectivity index (χ0) is 13.7. The molecule has 0 spiro atoms. The number of likely N-dealkylation sites (N-methyl/N-ethyl adjacent to an activating group) is 1. The smallest absolute Gasteiger partial charge is 0.0665 e. The summed E-state index contributed by atoms with van der Waals surface area (Å²) in [4.78, 5) is 4.24. The summed E-state index contributed by atoms with van der Waals surface area (Å²) >= 11 is 0. The maximum atomic E-state index is 5.78. The molecule has 0 aliphatic heterocycles. The Morgan fingerprint density at radius 2 is 2.11 bits per heavy atom. The first-order valence-corrected chi connectivity index (χ1v) is 6.90. The van der Waals surface area contributed by atoms with Crippen molar-refractivity contribution in [3.63, 3.8) is 0 Å². The van der Waals surface area contributed by atoms with E-state index in [1.165, 1.54) is 16.3 Å². The molecule has 0 bridgehead atoms. The average Bonchev–Trinajstić information content (AvgIpc) is 2.43. The summed E-state index contributed by atoms with van der Waals surface area (Å²) in [6, 6.07) is 8.62. The SMILES string of the molecule is CCNC(COC(C)C)c1cccc2ccncc12. The van der Waals surface area contributed by atoms with Gasteiger partial charge in [0.2, 0.25) is 0 Å². The van der Waals surface area contributed by atoms with E-state index in [1.807, 2.05) is 18.5 Å². The Balaban J connectivity index is 2.32. The number of fused-ring (bicyclic) bond motifs is 1. The topological polar surface area (TPSA) is 34.1 Å². The first-order valence-electron chi connectivity index (χ1n) is 6.90. The highest BCUT2D eigenvalue weighted by Gasteiger charge is 2.14. The fraction of sp³-hybridized carbons (Fsp3) is 0.438. The van der Waals surface area contributed by atoms with Crippen molar-refractivity contribution < 1.29 is 4.74 Å². The van der Waals surface area contributed by atoms with Gasteiger partial charge in [0.25, 0.3) is 0 Å². The molecule has 0 radical (unpaired) electrons. The lowest BCUT2D eigenvalue weighted by Gasteiger charge is -2.21. The van der Waals surface area contributed by atoms with Crippen molar-refractivity contribution in [2.75, 3.05) is 13.2 Å². The molecule has 0 aliphatic rings. The molecular weight excluding hydrogens is 236 g/mol. The van der Waals surface area contributed by atoms with Gasteiger partial charge in [-0.25, -0.2) is 0 Å². The minimum atomic E-state index is 0.209. The van der Waals surface area contributed by atoms with Crippen LogP contribution in [0.3, 0.4) is 0 Å². The summed E-state index contributed by atoms with van der Waals surface area (Å²) in [5.41, 5.74) is 1.26. The van der Waals surface area contributed by atoms with Gasteiger partial charge in [0.05, 0.1) is 18.8 Å². The fourth-order valence-corrected chi connectivity index (χ4v) is 2.23. The molecule has 0 saturated carbocycles. The highest BCUT2D eigenvalue weighted by molar-refractivity contribution is 5.85. The first-order chi connectivity index (χ1) is 9.22. The van der Waals surface area contributed by atoms with Crippen molar-refractivity contribution in [3.8, 4) is 0 Å². The second-order valence-electron chi connectivity index (χ2n) is 4.94. The normalized spacial score (nSPS) is 13.1. The fourth-order valence-electron chi connectivity index (χ4n) is 2.23. The molecule has 1 aromatic carbocycles. The Bertz CT molecular complexity index is 520. The summed E-state index contributed by atoms with van der Waals surface area (Å²) < 4.78 is 5.78. The van der Waals surface area contributed by atoms with Crippen LogP contribution >= 0.6 is 0 Å². The molecule has 2 aromatic rings. The van der Waals surface area contributed by atoms with Crippen LogP contribution in [-0.4, -0.2) is 24.2 Å². The van der Waals surface area contributed by atoms with Gasteiger partial charge in [-0.05, 0) is 37.4 Å². The average molecular weight is 258 g/mol. The number of aromatic nitrogens is 1. The first kappa shape index (κ1) is 14.0. The van der Waals surface area contributed by atoms with Gasteiger partial charge < -0.3 is 10.1 Å². The van der Waals surface area contributed by atoms with Crippen molar-refractivity contribution in [1.82, 2.24) is 10.3 Å². The second-order valence-corrected chi connectivity index (χ2v) is 4.94. The Labute approximate surface area is 115 Å². The molecule has 0 aliphatic carbocycles. The number of nitrogens with one attached hydrogen (secondary N) is 1. The Morgan fingerprint density at radius 3 is 2.84 bits per heavy atom. The van der Waals surface area contributed by atoms with E-state index in [9.17, 15) is 0 Å². The van der Waals surface area contributed by atoms with Gasteiger partial charge in [0.15, 0.2) is 0 Å². The number of rotatable bonds is 6. The summed E-state index contributed by atoms with van der Waals surface area (Å²) in [6.45, 7) is 7.84. The summed E-state index contributed by atoms with van der Waals surface area (Å²) in [5.74, 6) is 0. The minimum absolute atomic E-state index is 0.209. The van der Waals surface area contributed by atoms with Gasteiger partial charge in [-0.3, -0.25) is 4.98 Å². The van der Waals surface area contributed by atoms with Crippen LogP contribution in [0.2, 0.25) is 0 Å². The quantitative estimate of drug-likeness (QED) is 0.863. The number of benzene rings is 1. The molecule has 1 atom stereocenters. The van der Waals surface area contributed by atoms with Crippen molar-refractivity contribution in [2.24, 2.45) is 0 Å². The van der Waals surface area contributed by atoms with E-state index < -0.39 is 0 Å². The molecule has 0 fully saturated rings. The van der Waals surface area contributed by atoms with Gasteiger partial charge >= 0.3 is 0 Å². The predicted molar refractivity (Wildman–Crippen MR) is 79.2 cm³/mol. The van der Waals surface area contributed by atoms with E-state index in [2.05, 4.69) is 49.3 Å². The highest BCUT2D eigenvalue weighted by atomic mass is 16.5. The number of hydrogen-bond acceptors (Lipinski definition) is 3. The Hall–Kier alpha value is -1.45. The van der Waals surface area contributed by atoms with E-state index in [4.69, 9.17) is 4.74 Å². The highest BCUT2D eigenvalue weighted by Crippen LogP contribution is 2.24. The van der Waals surface area contributed by atoms with Gasteiger partial charge in [-0.1, -0.05) is 25.1 Å². The molecular formula is C16H22N2O. The maximum Gasteiger partial charge on any atom is 0.0665 e. The number of pyridine rings is 1. The third-order valence-electron chi connectivity index (χ3n) is 3.14. The van der Waals surface area contributed by atoms with Crippen LogP contribution in [0.25, 0.3) is 10.8 Å². The lowest BCUT2D eigenvalue weighted by molar-refractivity contribution is 0.0617. The van der Waals surface area contributed by atoms with Crippen molar-refractivity contribution >= 4 is 10.8 Å². The van der Waals surface area contributed by atoms with Crippen molar-refractivity contribution in [2.45, 2.75) is 32.9 Å². The molecule has 1 unspecified atom stereocenters. The third-order valence-corrected chi connectivity index (χ3v) is 3.14. The second kappa shape index (κ2) is 6.64. The van der Waals surface area contributed by atoms with Crippen molar-refractivity contribution in [1.29, 1.82) is 0 Å². The Kier molecular flexibility index (Phi) is 4.88. The third kappa shape index (κ3) is 3.52. The van der Waals surface area contributed by atoms with E-state index >= 15 is 0 Å². The monoisotopic (exact) mass is 258 g/mol. The van der Waals surface area contributed by atoms with E-state index in [0.29, 0.717) is 6.61 Å². The van der Waals surface area contributed by atoms with E-state index in [-0.39, 0.29) is 12.1 Å². The summed E-state index contributed by atoms with van der Waals surface area (Å²) in [6.07, 6.45) is 4.01. The number of nitrogens with zero attached hydrogens (tertiary/aromatic N) is 1. The van der Waals surface area contributed by atoms with Crippen LogP contribution in [0.4, 0.5) is 0 Å². The predicted octanol–water partition coefficient (Wildman–Crippen LogP) is 3.31. The van der Waals surface area contributed by atoms with Crippen LogP contribution in [0.5, 0.6) is 0 Å². The van der Waals surface area contributed by atoms with Gasteiger partial charge in [0, 0.05) is 17.8 Å². The van der Waals surface area contributed by atoms with Crippen LogP contribution in [0.15, 0.2) is 36.7 Å². The Morgan fingerprint density at radius 1 is 1.26 bits per heavy atom. The zero-order valence-electron chi connectivity index (χ0n) is 11.9. The van der Waals surface area contributed by atoms with Crippen LogP contribution in [0, 0.1) is 0 Å². The lowest BCUT2D eigenvalue weighted by Crippen LogP contribution is -2.26. The van der Waals surface area contributed by atoms with Gasteiger partial charge in [-0.15, -0.1) is 0 Å². The van der Waals surface area contributed by atoms with Crippen LogP contribution < -0.4 is 5.32 Å². The summed E-state index contributed by atoms with van der Waals surface area (Å²) in [7, 11) is 0. The molecule has 0 amide bonds. The van der Waals surface area contributed by atoms with E-state index in [1.54, 1.807) is 0 Å². The van der Waals surface area contributed by atoms with Gasteiger partial charge in [-0.2, -0.15) is 0 Å². The standard InChI is InChI=1S/C16H22N2O/c1-4-18-16(11-19-12(2)3)14-7-5-6-13-8-9-17-10-15(13)14/h5-10,12,16,18H,4,11H2,1-3H3. The molecule has 2 rings (SSSR count). The molecule has 1 heterocycles. The molecule has 1 N–H and O–H groups in total. The summed E-state index contributed by atoms with van der Waals surface area (Å²) in [5, 5.41) is 5.91. The molecule has 3 nitrogen and oxygen atoms in total. The lowest BCUT2D eigenvalue weighted by atomic mass is 10.0. The number of hydrogen-bond donors (Lipinski definition) is 1. The molecule has 1 aromatic heterocycles. The van der Waals surface area contributed by atoms with Gasteiger partial charge in [0.1, 0.15) is 0 Å². The molecule has 0 saturated heterocycles. The van der Waals surface area contributed by atoms with Crippen LogP contribution in [-0.2, 0) is 4.74 Å².